The molecule has 0 aliphatic carbocycles. The first-order valence-electron chi connectivity index (χ1n) is 6.02. The minimum absolute atomic E-state index is 0.118. The molecule has 0 aliphatic rings. The molecule has 0 fully saturated rings. The van der Waals surface area contributed by atoms with Crippen LogP contribution in [0.25, 0.3) is 5.70 Å². The van der Waals surface area contributed by atoms with Crippen LogP contribution in [0.2, 0.25) is 0 Å². The third-order valence-electron chi connectivity index (χ3n) is 2.47. The quantitative estimate of drug-likeness (QED) is 0.450. The lowest BCUT2D eigenvalue weighted by molar-refractivity contribution is 0.287. The number of halogens is 2. The van der Waals surface area contributed by atoms with Gasteiger partial charge in [0.1, 0.15) is 5.82 Å². The fourth-order valence-corrected chi connectivity index (χ4v) is 2.21. The van der Waals surface area contributed by atoms with Crippen molar-refractivity contribution in [1.82, 2.24) is 14.8 Å². The average Bonchev–Trinajstić information content (AvgIpc) is 2.88. The predicted molar refractivity (Wildman–Crippen MR) is 86.3 cm³/mol. The highest BCUT2D eigenvalue weighted by molar-refractivity contribution is 7.98. The van der Waals surface area contributed by atoms with Crippen molar-refractivity contribution in [3.8, 4) is 0 Å². The first-order valence-corrected chi connectivity index (χ1v) is 8.15. The second kappa shape index (κ2) is 9.23. The smallest absolute Gasteiger partial charge is 0.195 e. The van der Waals surface area contributed by atoms with Gasteiger partial charge in [-0.15, -0.1) is 21.8 Å². The zero-order chi connectivity index (χ0) is 15.0. The number of aliphatic hydroxyl groups excluding tert-OH is 1. The minimum atomic E-state index is 0.118. The van der Waals surface area contributed by atoms with E-state index in [1.54, 1.807) is 12.2 Å². The number of thioether (sulfide) groups is 1. The number of rotatable bonds is 8. The molecule has 1 aromatic heterocycles. The molecular weight excluding hydrogens is 317 g/mol. The van der Waals surface area contributed by atoms with Crippen molar-refractivity contribution in [2.45, 2.75) is 18.0 Å². The highest BCUT2D eigenvalue weighted by Gasteiger charge is 2.12. The highest BCUT2D eigenvalue weighted by atomic mass is 35.5. The van der Waals surface area contributed by atoms with Crippen LogP contribution in [0.5, 0.6) is 0 Å². The number of aromatic nitrogens is 3. The molecule has 0 aliphatic heterocycles. The molecule has 0 unspecified atom stereocenters. The lowest BCUT2D eigenvalue weighted by Gasteiger charge is -2.09. The fourth-order valence-electron chi connectivity index (χ4n) is 1.55. The largest absolute Gasteiger partial charge is 0.396 e. The summed E-state index contributed by atoms with van der Waals surface area (Å²) in [5, 5.41) is 18.5. The van der Waals surface area contributed by atoms with Crippen LogP contribution < -0.4 is 0 Å². The average molecular weight is 334 g/mol. The first kappa shape index (κ1) is 17.3. The summed E-state index contributed by atoms with van der Waals surface area (Å²) < 4.78 is 1.90. The number of nitrogens with zero attached hydrogens (tertiary/aromatic N) is 3. The van der Waals surface area contributed by atoms with E-state index in [0.717, 1.165) is 16.7 Å². The van der Waals surface area contributed by atoms with E-state index in [4.69, 9.17) is 28.3 Å². The van der Waals surface area contributed by atoms with Gasteiger partial charge >= 0.3 is 0 Å². The van der Waals surface area contributed by atoms with Gasteiger partial charge in [0.05, 0.1) is 5.88 Å². The molecule has 0 amide bonds. The lowest BCUT2D eigenvalue weighted by Crippen LogP contribution is -2.04. The molecule has 0 saturated heterocycles. The monoisotopic (exact) mass is 333 g/mol. The Labute approximate surface area is 133 Å². The topological polar surface area (TPSA) is 50.9 Å². The Hall–Kier alpha value is -0.750. The molecule has 0 bridgehead atoms. The summed E-state index contributed by atoms with van der Waals surface area (Å²) in [6, 6.07) is 0. The Balaban J connectivity index is 3.18. The summed E-state index contributed by atoms with van der Waals surface area (Å²) in [6.07, 6.45) is 8.46. The van der Waals surface area contributed by atoms with E-state index in [1.165, 1.54) is 11.8 Å². The van der Waals surface area contributed by atoms with Crippen LogP contribution in [0.4, 0.5) is 0 Å². The number of hydrogen-bond donors (Lipinski definition) is 1. The van der Waals surface area contributed by atoms with E-state index >= 15 is 0 Å². The maximum atomic E-state index is 8.95. The van der Waals surface area contributed by atoms with Crippen LogP contribution in [-0.2, 0) is 6.42 Å². The molecule has 20 heavy (non-hydrogen) atoms. The molecule has 110 valence electrons. The Bertz CT molecular complexity index is 512. The van der Waals surface area contributed by atoms with Gasteiger partial charge < -0.3 is 5.11 Å². The summed E-state index contributed by atoms with van der Waals surface area (Å²) >= 11 is 13.0. The molecule has 1 rings (SSSR count). The maximum Gasteiger partial charge on any atom is 0.195 e. The SMILES string of the molecule is C=C/C(=C\C=C(\Cl)CCl)n1c(CCCO)nnc1SC. The minimum Gasteiger partial charge on any atom is -0.396 e. The third kappa shape index (κ3) is 4.66. The lowest BCUT2D eigenvalue weighted by atomic mass is 10.3. The molecule has 0 atom stereocenters. The Morgan fingerprint density at radius 3 is 2.75 bits per heavy atom. The highest BCUT2D eigenvalue weighted by Crippen LogP contribution is 2.21. The van der Waals surface area contributed by atoms with E-state index in [-0.39, 0.29) is 12.5 Å². The van der Waals surface area contributed by atoms with Crippen molar-refractivity contribution in [3.05, 3.63) is 35.7 Å². The second-order valence-corrected chi connectivity index (χ2v) is 5.33. The number of alkyl halides is 1. The zero-order valence-electron chi connectivity index (χ0n) is 11.2. The van der Waals surface area contributed by atoms with Crippen molar-refractivity contribution >= 4 is 40.7 Å². The van der Waals surface area contributed by atoms with E-state index in [0.29, 0.717) is 17.9 Å². The van der Waals surface area contributed by atoms with Crippen molar-refractivity contribution in [2.75, 3.05) is 18.7 Å². The second-order valence-electron chi connectivity index (χ2n) is 3.81. The summed E-state index contributed by atoms with van der Waals surface area (Å²) in [4.78, 5) is 0. The first-order chi connectivity index (χ1) is 9.67. The third-order valence-corrected chi connectivity index (χ3v) is 3.79. The van der Waals surface area contributed by atoms with Crippen LogP contribution in [-0.4, -0.2) is 38.6 Å². The van der Waals surface area contributed by atoms with E-state index in [2.05, 4.69) is 16.8 Å². The Morgan fingerprint density at radius 1 is 1.45 bits per heavy atom. The van der Waals surface area contributed by atoms with Gasteiger partial charge in [-0.2, -0.15) is 0 Å². The van der Waals surface area contributed by atoms with Gasteiger partial charge in [0.2, 0.25) is 0 Å². The molecule has 0 radical (unpaired) electrons. The maximum absolute atomic E-state index is 8.95. The number of aryl methyl sites for hydroxylation is 1. The van der Waals surface area contributed by atoms with Crippen LogP contribution in [0.3, 0.4) is 0 Å². The van der Waals surface area contributed by atoms with E-state index in [1.807, 2.05) is 16.9 Å². The van der Waals surface area contributed by atoms with E-state index < -0.39 is 0 Å². The molecule has 7 heteroatoms. The number of allylic oxidation sites excluding steroid dienone is 5. The summed E-state index contributed by atoms with van der Waals surface area (Å²) in [7, 11) is 0. The Kier molecular flexibility index (Phi) is 7.99. The van der Waals surface area contributed by atoms with E-state index in [9.17, 15) is 0 Å². The summed E-state index contributed by atoms with van der Waals surface area (Å²) in [5.41, 5.74) is 0.815. The van der Waals surface area contributed by atoms with Gasteiger partial charge in [0.15, 0.2) is 5.16 Å². The molecule has 1 heterocycles. The molecule has 1 N–H and O–H groups in total. The van der Waals surface area contributed by atoms with Crippen molar-refractivity contribution in [2.24, 2.45) is 0 Å². The predicted octanol–water partition coefficient (Wildman–Crippen LogP) is 3.31. The van der Waals surface area contributed by atoms with Crippen molar-refractivity contribution in [1.29, 1.82) is 0 Å². The normalized spacial score (nSPS) is 12.8. The van der Waals surface area contributed by atoms with Gasteiger partial charge in [0, 0.05) is 23.8 Å². The summed E-state index contributed by atoms with van der Waals surface area (Å²) in [6.45, 7) is 3.93. The van der Waals surface area contributed by atoms with Crippen molar-refractivity contribution < 1.29 is 5.11 Å². The van der Waals surface area contributed by atoms with Gasteiger partial charge in [-0.25, -0.2) is 0 Å². The van der Waals surface area contributed by atoms with Gasteiger partial charge in [0.25, 0.3) is 0 Å². The molecular formula is C13H17Cl2N3OS. The van der Waals surface area contributed by atoms with Gasteiger partial charge in [-0.1, -0.05) is 29.9 Å². The molecule has 1 aromatic rings. The van der Waals surface area contributed by atoms with Gasteiger partial charge in [-0.05, 0) is 30.9 Å². The van der Waals surface area contributed by atoms with Crippen molar-refractivity contribution in [3.63, 3.8) is 0 Å². The summed E-state index contributed by atoms with van der Waals surface area (Å²) in [5.74, 6) is 1.04. The Morgan fingerprint density at radius 2 is 2.20 bits per heavy atom. The van der Waals surface area contributed by atoms with Gasteiger partial charge in [-0.3, -0.25) is 4.57 Å². The fraction of sp³-hybridized carbons (Fsp3) is 0.385. The zero-order valence-corrected chi connectivity index (χ0v) is 13.5. The standard InChI is InChI=1S/C13H17Cl2N3OS/c1-3-11(7-6-10(15)9-14)18-12(5-4-8-19)16-17-13(18)20-2/h3,6-7,19H,1,4-5,8-9H2,2H3/b10-6+,11-7+. The molecule has 0 spiro atoms. The van der Waals surface area contributed by atoms with Crippen LogP contribution in [0, 0.1) is 0 Å². The van der Waals surface area contributed by atoms with Crippen LogP contribution in [0.1, 0.15) is 12.2 Å². The number of aliphatic hydroxyl groups is 1. The molecule has 0 saturated carbocycles. The molecule has 4 nitrogen and oxygen atoms in total. The number of hydrogen-bond acceptors (Lipinski definition) is 4. The molecule has 0 aromatic carbocycles. The van der Waals surface area contributed by atoms with Crippen LogP contribution in [0.15, 0.2) is 35.0 Å². The van der Waals surface area contributed by atoms with Crippen LogP contribution >= 0.6 is 35.0 Å².